The summed E-state index contributed by atoms with van der Waals surface area (Å²) in [5.74, 6) is 1.02. The molecule has 3 aromatic rings. The van der Waals surface area contributed by atoms with Crippen LogP contribution < -0.4 is 9.80 Å². The van der Waals surface area contributed by atoms with Crippen molar-refractivity contribution >= 4 is 11.5 Å². The number of hydrogen-bond acceptors (Lipinski definition) is 3. The summed E-state index contributed by atoms with van der Waals surface area (Å²) in [6.45, 7) is 7.90. The minimum absolute atomic E-state index is 0.224. The van der Waals surface area contributed by atoms with Crippen LogP contribution in [-0.4, -0.2) is 47.3 Å². The highest BCUT2D eigenvalue weighted by Crippen LogP contribution is 2.32. The summed E-state index contributed by atoms with van der Waals surface area (Å²) in [6.07, 6.45) is 4.57. The molecule has 1 aliphatic heterocycles. The van der Waals surface area contributed by atoms with E-state index in [-0.39, 0.29) is 5.82 Å². The molecule has 0 spiro atoms. The lowest BCUT2D eigenvalue weighted by atomic mass is 9.96. The van der Waals surface area contributed by atoms with Crippen molar-refractivity contribution in [1.82, 2.24) is 14.6 Å². The number of piperazine rings is 1. The molecule has 3 heterocycles. The smallest absolute Gasteiger partial charge is 0.158 e. The predicted molar refractivity (Wildman–Crippen MR) is 108 cm³/mol. The van der Waals surface area contributed by atoms with Crippen LogP contribution in [0.5, 0.6) is 0 Å². The van der Waals surface area contributed by atoms with Crippen LogP contribution in [0.3, 0.4) is 0 Å². The summed E-state index contributed by atoms with van der Waals surface area (Å²) in [5.41, 5.74) is 5.31. The number of nitrogens with zero attached hydrogens (tertiary/aromatic N) is 4. The Morgan fingerprint density at radius 1 is 1.07 bits per heavy atom. The van der Waals surface area contributed by atoms with E-state index in [1.807, 2.05) is 10.6 Å². The Morgan fingerprint density at radius 3 is 2.57 bits per heavy atom. The van der Waals surface area contributed by atoms with Crippen molar-refractivity contribution in [2.75, 3.05) is 37.6 Å². The Morgan fingerprint density at radius 2 is 1.82 bits per heavy atom. The molecule has 146 valence electrons. The Balaban J connectivity index is 1.62. The number of likely N-dealkylation sites (N-methyl/N-ethyl adjacent to an activating group) is 1. The zero-order chi connectivity index (χ0) is 19.1. The molecule has 0 atom stereocenters. The molecule has 0 radical (unpaired) electrons. The van der Waals surface area contributed by atoms with Gasteiger partial charge in [0.05, 0.1) is 38.4 Å². The van der Waals surface area contributed by atoms with E-state index in [2.05, 4.69) is 11.8 Å². The van der Waals surface area contributed by atoms with Gasteiger partial charge in [0.1, 0.15) is 11.6 Å². The second-order valence-electron chi connectivity index (χ2n) is 7.96. The quantitative estimate of drug-likeness (QED) is 0.757. The van der Waals surface area contributed by atoms with Crippen LogP contribution in [0.1, 0.15) is 31.0 Å². The maximum absolute atomic E-state index is 13.3. The molecule has 5 rings (SSSR count). The van der Waals surface area contributed by atoms with E-state index in [1.54, 1.807) is 17.0 Å². The number of benzene rings is 1. The highest BCUT2D eigenvalue weighted by molar-refractivity contribution is 5.67. The Kier molecular flexibility index (Phi) is 4.51. The predicted octanol–water partition coefficient (Wildman–Crippen LogP) is 2.14. The highest BCUT2D eigenvalue weighted by Gasteiger charge is 2.27. The topological polar surface area (TPSA) is 37.9 Å². The number of anilines is 1. The van der Waals surface area contributed by atoms with Gasteiger partial charge in [0.15, 0.2) is 5.65 Å². The van der Waals surface area contributed by atoms with E-state index in [1.165, 1.54) is 61.7 Å². The fourth-order valence-electron chi connectivity index (χ4n) is 4.60. The Bertz CT molecular complexity index is 986. The van der Waals surface area contributed by atoms with Gasteiger partial charge in [-0.2, -0.15) is 9.61 Å². The summed E-state index contributed by atoms with van der Waals surface area (Å²) >= 11 is 0. The van der Waals surface area contributed by atoms with Crippen LogP contribution in [0, 0.1) is 5.82 Å². The number of hydrogen-bond donors (Lipinski definition) is 1. The lowest BCUT2D eigenvalue weighted by Crippen LogP contribution is -3.14. The summed E-state index contributed by atoms with van der Waals surface area (Å²) < 4.78 is 15.4. The summed E-state index contributed by atoms with van der Waals surface area (Å²) in [6, 6.07) is 8.61. The van der Waals surface area contributed by atoms with E-state index < -0.39 is 0 Å². The summed E-state index contributed by atoms with van der Waals surface area (Å²) in [7, 11) is 0. The van der Waals surface area contributed by atoms with Gasteiger partial charge in [0.2, 0.25) is 0 Å². The van der Waals surface area contributed by atoms with Crippen molar-refractivity contribution in [3.8, 4) is 11.3 Å². The van der Waals surface area contributed by atoms with Gasteiger partial charge in [-0.25, -0.2) is 9.37 Å². The first-order chi connectivity index (χ1) is 13.7. The third kappa shape index (κ3) is 3.05. The lowest BCUT2D eigenvalue weighted by Gasteiger charge is -2.35. The zero-order valence-corrected chi connectivity index (χ0v) is 16.4. The van der Waals surface area contributed by atoms with Gasteiger partial charge in [0, 0.05) is 22.9 Å². The average molecular weight is 380 g/mol. The van der Waals surface area contributed by atoms with Crippen molar-refractivity contribution in [2.45, 2.75) is 32.6 Å². The van der Waals surface area contributed by atoms with Gasteiger partial charge in [0.25, 0.3) is 0 Å². The SMILES string of the molecule is CC[NH+]1CCN(c2c3c(nc4cc(-c5ccc(F)cc5)nn24)CCCC3)CC1. The molecule has 1 N–H and O–H groups in total. The van der Waals surface area contributed by atoms with E-state index in [9.17, 15) is 4.39 Å². The summed E-state index contributed by atoms with van der Waals surface area (Å²) in [5, 5.41) is 4.92. The number of fused-ring (bicyclic) bond motifs is 2. The summed E-state index contributed by atoms with van der Waals surface area (Å²) in [4.78, 5) is 9.14. The third-order valence-electron chi connectivity index (χ3n) is 6.26. The first-order valence-electron chi connectivity index (χ1n) is 10.5. The first-order valence-corrected chi connectivity index (χ1v) is 10.5. The van der Waals surface area contributed by atoms with Crippen LogP contribution >= 0.6 is 0 Å². The number of halogens is 1. The van der Waals surface area contributed by atoms with E-state index in [0.717, 1.165) is 42.8 Å². The molecule has 0 amide bonds. The number of aromatic nitrogens is 3. The lowest BCUT2D eigenvalue weighted by molar-refractivity contribution is -0.898. The van der Waals surface area contributed by atoms with Crippen LogP contribution in [0.4, 0.5) is 10.2 Å². The zero-order valence-electron chi connectivity index (χ0n) is 16.4. The van der Waals surface area contributed by atoms with Crippen LogP contribution in [0.25, 0.3) is 16.9 Å². The Labute approximate surface area is 164 Å². The molecule has 5 nitrogen and oxygen atoms in total. The second kappa shape index (κ2) is 7.17. The maximum Gasteiger partial charge on any atom is 0.158 e. The van der Waals surface area contributed by atoms with Crippen molar-refractivity contribution < 1.29 is 9.29 Å². The molecule has 1 aliphatic carbocycles. The molecule has 0 saturated carbocycles. The number of aryl methyl sites for hydroxylation is 1. The highest BCUT2D eigenvalue weighted by atomic mass is 19.1. The van der Waals surface area contributed by atoms with Crippen molar-refractivity contribution in [1.29, 1.82) is 0 Å². The fourth-order valence-corrected chi connectivity index (χ4v) is 4.60. The van der Waals surface area contributed by atoms with Gasteiger partial charge < -0.3 is 9.80 Å². The molecule has 2 aliphatic rings. The molecule has 0 bridgehead atoms. The first kappa shape index (κ1) is 17.6. The number of quaternary nitrogens is 1. The number of nitrogens with one attached hydrogen (secondary N) is 1. The molecule has 0 unspecified atom stereocenters. The largest absolute Gasteiger partial charge is 0.345 e. The minimum atomic E-state index is -0.224. The standard InChI is InChI=1S/C22H26FN5/c1-2-26-11-13-27(14-12-26)22-18-5-3-4-6-19(18)24-21-15-20(25-28(21)22)16-7-9-17(23)10-8-16/h7-10,15H,2-6,11-14H2,1H3/p+1. The third-order valence-corrected chi connectivity index (χ3v) is 6.26. The van der Waals surface area contributed by atoms with E-state index >= 15 is 0 Å². The van der Waals surface area contributed by atoms with E-state index in [0.29, 0.717) is 0 Å². The molecule has 1 saturated heterocycles. The fraction of sp³-hybridized carbons (Fsp3) is 0.455. The van der Waals surface area contributed by atoms with Crippen molar-refractivity contribution in [3.05, 3.63) is 47.4 Å². The van der Waals surface area contributed by atoms with Gasteiger partial charge in [-0.1, -0.05) is 0 Å². The van der Waals surface area contributed by atoms with Gasteiger partial charge >= 0.3 is 0 Å². The second-order valence-corrected chi connectivity index (χ2v) is 7.96. The average Bonchev–Trinajstić information content (AvgIpc) is 3.16. The van der Waals surface area contributed by atoms with Crippen LogP contribution in [-0.2, 0) is 12.8 Å². The Hall–Kier alpha value is -2.47. The van der Waals surface area contributed by atoms with Gasteiger partial charge in [-0.05, 0) is 56.9 Å². The van der Waals surface area contributed by atoms with Crippen molar-refractivity contribution in [3.63, 3.8) is 0 Å². The molecule has 6 heteroatoms. The van der Waals surface area contributed by atoms with Gasteiger partial charge in [-0.15, -0.1) is 0 Å². The number of rotatable bonds is 3. The molecular weight excluding hydrogens is 353 g/mol. The van der Waals surface area contributed by atoms with Crippen LogP contribution in [0.2, 0.25) is 0 Å². The molecule has 1 aromatic carbocycles. The monoisotopic (exact) mass is 380 g/mol. The molecule has 28 heavy (non-hydrogen) atoms. The minimum Gasteiger partial charge on any atom is -0.345 e. The van der Waals surface area contributed by atoms with Crippen molar-refractivity contribution in [2.24, 2.45) is 0 Å². The maximum atomic E-state index is 13.3. The van der Waals surface area contributed by atoms with Gasteiger partial charge in [-0.3, -0.25) is 0 Å². The molecule has 1 fully saturated rings. The van der Waals surface area contributed by atoms with E-state index in [4.69, 9.17) is 10.1 Å². The normalized spacial score (nSPS) is 17.9. The molecular formula is C22H27FN5+. The molecule has 2 aromatic heterocycles. The van der Waals surface area contributed by atoms with Crippen LogP contribution in [0.15, 0.2) is 30.3 Å².